The lowest BCUT2D eigenvalue weighted by Gasteiger charge is -2.26. The van der Waals surface area contributed by atoms with E-state index in [0.29, 0.717) is 10.2 Å². The second-order valence-electron chi connectivity index (χ2n) is 5.91. The summed E-state index contributed by atoms with van der Waals surface area (Å²) in [4.78, 5) is 0.278. The average Bonchev–Trinajstić information content (AvgIpc) is 2.49. The van der Waals surface area contributed by atoms with E-state index in [4.69, 9.17) is 5.73 Å². The van der Waals surface area contributed by atoms with Gasteiger partial charge in [-0.3, -0.25) is 0 Å². The van der Waals surface area contributed by atoms with Gasteiger partial charge in [0.1, 0.15) is 0 Å². The Morgan fingerprint density at radius 3 is 2.83 bits per heavy atom. The molecule has 0 radical (unpaired) electrons. The lowest BCUT2D eigenvalue weighted by Crippen LogP contribution is -2.31. The fourth-order valence-electron chi connectivity index (χ4n) is 3.04. The first kappa shape index (κ1) is 16.5. The zero-order valence-corrected chi connectivity index (χ0v) is 15.2. The van der Waals surface area contributed by atoms with Crippen LogP contribution < -0.4 is 10.5 Å². The highest BCUT2D eigenvalue weighted by Gasteiger charge is 2.27. The van der Waals surface area contributed by atoms with E-state index in [9.17, 15) is 8.42 Å². The van der Waals surface area contributed by atoms with Crippen LogP contribution in [0.15, 0.2) is 45.8 Å². The molecule has 2 aromatic rings. The molecule has 0 amide bonds. The Morgan fingerprint density at radius 1 is 1.26 bits per heavy atom. The number of aryl methyl sites for hydroxylation is 2. The summed E-state index contributed by atoms with van der Waals surface area (Å²) in [6.07, 6.45) is 2.67. The van der Waals surface area contributed by atoms with Crippen LogP contribution in [0.4, 0.5) is 5.69 Å². The lowest BCUT2D eigenvalue weighted by atomic mass is 9.88. The van der Waals surface area contributed by atoms with Crippen LogP contribution in [0, 0.1) is 6.92 Å². The number of fused-ring (bicyclic) bond motifs is 1. The van der Waals surface area contributed by atoms with E-state index in [1.807, 2.05) is 31.2 Å². The highest BCUT2D eigenvalue weighted by Crippen LogP contribution is 2.33. The van der Waals surface area contributed by atoms with Gasteiger partial charge in [-0.25, -0.2) is 13.1 Å². The van der Waals surface area contributed by atoms with E-state index in [1.54, 1.807) is 12.1 Å². The van der Waals surface area contributed by atoms with Crippen molar-refractivity contribution in [3.8, 4) is 0 Å². The molecule has 1 unspecified atom stereocenters. The second-order valence-corrected chi connectivity index (χ2v) is 8.39. The fourth-order valence-corrected chi connectivity index (χ4v) is 5.34. The van der Waals surface area contributed by atoms with Crippen molar-refractivity contribution in [1.29, 1.82) is 0 Å². The van der Waals surface area contributed by atoms with Crippen molar-refractivity contribution in [2.24, 2.45) is 0 Å². The molecule has 1 aliphatic carbocycles. The van der Waals surface area contributed by atoms with Crippen molar-refractivity contribution in [3.05, 3.63) is 57.6 Å². The van der Waals surface area contributed by atoms with E-state index in [-0.39, 0.29) is 10.9 Å². The van der Waals surface area contributed by atoms with Crippen LogP contribution in [0.2, 0.25) is 0 Å². The van der Waals surface area contributed by atoms with E-state index in [0.717, 1.165) is 36.0 Å². The Morgan fingerprint density at radius 2 is 2.04 bits per heavy atom. The predicted octanol–water partition coefficient (Wildman–Crippen LogP) is 3.70. The maximum atomic E-state index is 12.8. The molecule has 0 saturated carbocycles. The highest BCUT2D eigenvalue weighted by atomic mass is 79.9. The molecule has 4 nitrogen and oxygen atoms in total. The third-order valence-electron chi connectivity index (χ3n) is 4.22. The standard InChI is InChI=1S/C17H19BrN2O2S/c1-11-4-2-7-16(17(11)18)23(21,22)20-15-6-3-5-12-10-13(19)8-9-14(12)15/h2,4,7-10,15,20H,3,5-6,19H2,1H3. The Balaban J connectivity index is 1.95. The first-order valence-corrected chi connectivity index (χ1v) is 9.82. The summed E-state index contributed by atoms with van der Waals surface area (Å²) in [6, 6.07) is 10.7. The number of hydrogen-bond acceptors (Lipinski definition) is 3. The van der Waals surface area contributed by atoms with Gasteiger partial charge in [0.05, 0.1) is 4.90 Å². The summed E-state index contributed by atoms with van der Waals surface area (Å²) in [6.45, 7) is 1.88. The molecule has 0 aromatic heterocycles. The van der Waals surface area contributed by atoms with Gasteiger partial charge >= 0.3 is 0 Å². The zero-order chi connectivity index (χ0) is 16.6. The minimum Gasteiger partial charge on any atom is -0.399 e. The SMILES string of the molecule is Cc1cccc(S(=O)(=O)NC2CCCc3cc(N)ccc32)c1Br. The number of anilines is 1. The molecule has 0 bridgehead atoms. The molecule has 3 rings (SSSR count). The van der Waals surface area contributed by atoms with Gasteiger partial charge in [0.15, 0.2) is 0 Å². The van der Waals surface area contributed by atoms with Gasteiger partial charge in [-0.2, -0.15) is 0 Å². The van der Waals surface area contributed by atoms with E-state index in [2.05, 4.69) is 20.7 Å². The van der Waals surface area contributed by atoms with E-state index >= 15 is 0 Å². The average molecular weight is 395 g/mol. The maximum Gasteiger partial charge on any atom is 0.242 e. The molecular weight excluding hydrogens is 376 g/mol. The number of halogens is 1. The molecule has 2 aromatic carbocycles. The summed E-state index contributed by atoms with van der Waals surface area (Å²) in [5, 5.41) is 0. The third-order valence-corrected chi connectivity index (χ3v) is 7.05. The van der Waals surface area contributed by atoms with Crippen molar-refractivity contribution >= 4 is 31.6 Å². The number of hydrogen-bond donors (Lipinski definition) is 2. The van der Waals surface area contributed by atoms with Crippen molar-refractivity contribution in [1.82, 2.24) is 4.72 Å². The van der Waals surface area contributed by atoms with E-state index in [1.165, 1.54) is 0 Å². The smallest absolute Gasteiger partial charge is 0.242 e. The number of benzene rings is 2. The minimum absolute atomic E-state index is 0.211. The molecule has 0 saturated heterocycles. The van der Waals surface area contributed by atoms with Crippen molar-refractivity contribution in [3.63, 3.8) is 0 Å². The monoisotopic (exact) mass is 394 g/mol. The molecule has 0 fully saturated rings. The molecule has 122 valence electrons. The van der Waals surface area contributed by atoms with Crippen LogP contribution in [0.5, 0.6) is 0 Å². The van der Waals surface area contributed by atoms with Crippen LogP contribution in [-0.4, -0.2) is 8.42 Å². The van der Waals surface area contributed by atoms with Gasteiger partial charge in [0.2, 0.25) is 10.0 Å². The molecule has 0 spiro atoms. The number of rotatable bonds is 3. The van der Waals surface area contributed by atoms with Crippen LogP contribution in [0.25, 0.3) is 0 Å². The summed E-state index contributed by atoms with van der Waals surface area (Å²) >= 11 is 3.39. The normalized spacial score (nSPS) is 17.7. The largest absolute Gasteiger partial charge is 0.399 e. The molecule has 6 heteroatoms. The van der Waals surface area contributed by atoms with Crippen molar-refractivity contribution in [2.45, 2.75) is 37.1 Å². The molecule has 1 aliphatic rings. The van der Waals surface area contributed by atoms with Crippen LogP contribution in [0.1, 0.15) is 35.6 Å². The van der Waals surface area contributed by atoms with Crippen LogP contribution in [0.3, 0.4) is 0 Å². The van der Waals surface area contributed by atoms with Gasteiger partial charge < -0.3 is 5.73 Å². The third kappa shape index (κ3) is 3.29. The maximum absolute atomic E-state index is 12.8. The van der Waals surface area contributed by atoms with Gasteiger partial charge in [-0.05, 0) is 77.0 Å². The van der Waals surface area contributed by atoms with Crippen LogP contribution in [-0.2, 0) is 16.4 Å². The number of nitrogens with two attached hydrogens (primary N) is 1. The molecule has 0 heterocycles. The molecule has 1 atom stereocenters. The van der Waals surface area contributed by atoms with Crippen LogP contribution >= 0.6 is 15.9 Å². The van der Waals surface area contributed by atoms with Crippen molar-refractivity contribution in [2.75, 3.05) is 5.73 Å². The van der Waals surface area contributed by atoms with E-state index < -0.39 is 10.0 Å². The highest BCUT2D eigenvalue weighted by molar-refractivity contribution is 9.10. The number of sulfonamides is 1. The number of nitrogens with one attached hydrogen (secondary N) is 1. The van der Waals surface area contributed by atoms with Gasteiger partial charge in [0.25, 0.3) is 0 Å². The van der Waals surface area contributed by atoms with Crippen molar-refractivity contribution < 1.29 is 8.42 Å². The molecule has 0 aliphatic heterocycles. The summed E-state index contributed by atoms with van der Waals surface area (Å²) in [7, 11) is -3.59. The fraction of sp³-hybridized carbons (Fsp3) is 0.294. The molecule has 23 heavy (non-hydrogen) atoms. The first-order chi connectivity index (χ1) is 10.9. The Bertz CT molecular complexity index is 850. The predicted molar refractivity (Wildman–Crippen MR) is 95.7 cm³/mol. The first-order valence-electron chi connectivity index (χ1n) is 7.54. The Labute approximate surface area is 145 Å². The lowest BCUT2D eigenvalue weighted by molar-refractivity contribution is 0.507. The van der Waals surface area contributed by atoms with Gasteiger partial charge in [0, 0.05) is 16.2 Å². The summed E-state index contributed by atoms with van der Waals surface area (Å²) in [5.41, 5.74) is 9.60. The minimum atomic E-state index is -3.59. The Kier molecular flexibility index (Phi) is 4.49. The summed E-state index contributed by atoms with van der Waals surface area (Å²) in [5.74, 6) is 0. The molecule has 3 N–H and O–H groups in total. The molecular formula is C17H19BrN2O2S. The second kappa shape index (κ2) is 6.26. The quantitative estimate of drug-likeness (QED) is 0.779. The van der Waals surface area contributed by atoms with Gasteiger partial charge in [-0.15, -0.1) is 0 Å². The van der Waals surface area contributed by atoms with Gasteiger partial charge in [-0.1, -0.05) is 18.2 Å². The zero-order valence-electron chi connectivity index (χ0n) is 12.8. The Hall–Kier alpha value is -1.37. The summed E-state index contributed by atoms with van der Waals surface area (Å²) < 4.78 is 29.0. The number of nitrogen functional groups attached to an aromatic ring is 1. The topological polar surface area (TPSA) is 72.2 Å².